The van der Waals surface area contributed by atoms with Crippen molar-refractivity contribution in [2.24, 2.45) is 0 Å². The van der Waals surface area contributed by atoms with Crippen LogP contribution in [0.15, 0.2) is 30.5 Å². The molecule has 1 heterocycles. The molecule has 0 fully saturated rings. The van der Waals surface area contributed by atoms with E-state index in [-0.39, 0.29) is 24.7 Å². The largest absolute Gasteiger partial charge is 0.466 e. The zero-order chi connectivity index (χ0) is 15.1. The second-order valence-electron chi connectivity index (χ2n) is 4.80. The number of amides is 1. The number of hydrogen-bond donors (Lipinski definition) is 2. The van der Waals surface area contributed by atoms with E-state index in [1.54, 1.807) is 6.92 Å². The van der Waals surface area contributed by atoms with Gasteiger partial charge in [0.1, 0.15) is 0 Å². The smallest absolute Gasteiger partial charge is 0.306 e. The summed E-state index contributed by atoms with van der Waals surface area (Å²) in [7, 11) is 0. The molecule has 0 atom stereocenters. The van der Waals surface area contributed by atoms with Crippen molar-refractivity contribution < 1.29 is 14.3 Å². The highest BCUT2D eigenvalue weighted by atomic mass is 16.5. The molecule has 0 radical (unpaired) electrons. The van der Waals surface area contributed by atoms with Crippen LogP contribution < -0.4 is 5.32 Å². The Hall–Kier alpha value is -2.30. The summed E-state index contributed by atoms with van der Waals surface area (Å²) in [5.74, 6) is -0.450. The second kappa shape index (κ2) is 7.47. The van der Waals surface area contributed by atoms with Crippen LogP contribution in [0.3, 0.4) is 0 Å². The van der Waals surface area contributed by atoms with Gasteiger partial charge in [0.2, 0.25) is 5.91 Å². The Morgan fingerprint density at radius 1 is 1.24 bits per heavy atom. The highest BCUT2D eigenvalue weighted by molar-refractivity contribution is 5.81. The minimum Gasteiger partial charge on any atom is -0.466 e. The molecule has 2 rings (SSSR count). The number of hydrogen-bond acceptors (Lipinski definition) is 3. The van der Waals surface area contributed by atoms with E-state index in [9.17, 15) is 9.59 Å². The van der Waals surface area contributed by atoms with Gasteiger partial charge in [0.25, 0.3) is 0 Å². The normalized spacial score (nSPS) is 10.5. The van der Waals surface area contributed by atoms with Gasteiger partial charge in [0.05, 0.1) is 13.0 Å². The molecule has 112 valence electrons. The third-order valence-corrected chi connectivity index (χ3v) is 3.22. The van der Waals surface area contributed by atoms with E-state index in [0.717, 1.165) is 17.5 Å². The van der Waals surface area contributed by atoms with Crippen molar-refractivity contribution in [3.8, 4) is 0 Å². The molecule has 21 heavy (non-hydrogen) atoms. The van der Waals surface area contributed by atoms with Crippen LogP contribution in [0.25, 0.3) is 10.9 Å². The molecular formula is C16H20N2O3. The molecule has 0 saturated heterocycles. The van der Waals surface area contributed by atoms with E-state index in [0.29, 0.717) is 13.2 Å². The molecule has 2 aromatic rings. The van der Waals surface area contributed by atoms with Gasteiger partial charge in [0.15, 0.2) is 0 Å². The maximum absolute atomic E-state index is 11.6. The molecule has 2 N–H and O–H groups in total. The molecule has 0 aliphatic carbocycles. The van der Waals surface area contributed by atoms with Gasteiger partial charge in [-0.2, -0.15) is 0 Å². The molecule has 0 saturated carbocycles. The predicted molar refractivity (Wildman–Crippen MR) is 80.9 cm³/mol. The lowest BCUT2D eigenvalue weighted by molar-refractivity contribution is -0.144. The molecule has 0 bridgehead atoms. The third-order valence-electron chi connectivity index (χ3n) is 3.22. The Labute approximate surface area is 123 Å². The number of carbonyl (C=O) groups is 2. The van der Waals surface area contributed by atoms with Crippen LogP contribution in [-0.2, 0) is 20.7 Å². The molecule has 0 aliphatic heterocycles. The Morgan fingerprint density at radius 3 is 2.90 bits per heavy atom. The highest BCUT2D eigenvalue weighted by Gasteiger charge is 2.07. The van der Waals surface area contributed by atoms with Crippen molar-refractivity contribution in [3.05, 3.63) is 36.0 Å². The molecule has 0 unspecified atom stereocenters. The molecule has 1 aromatic carbocycles. The molecule has 1 aromatic heterocycles. The Bertz CT molecular complexity index is 619. The molecule has 1 amide bonds. The van der Waals surface area contributed by atoms with E-state index >= 15 is 0 Å². The van der Waals surface area contributed by atoms with Crippen molar-refractivity contribution in [1.29, 1.82) is 0 Å². The first kappa shape index (κ1) is 15.1. The fraction of sp³-hybridized carbons (Fsp3) is 0.375. The minimum absolute atomic E-state index is 0.121. The average Bonchev–Trinajstić information content (AvgIpc) is 2.93. The topological polar surface area (TPSA) is 71.2 Å². The molecule has 5 nitrogen and oxygen atoms in total. The van der Waals surface area contributed by atoms with Gasteiger partial charge in [-0.3, -0.25) is 9.59 Å². The minimum atomic E-state index is -0.329. The Balaban J connectivity index is 1.71. The first-order chi connectivity index (χ1) is 10.2. The van der Waals surface area contributed by atoms with Crippen LogP contribution in [0.2, 0.25) is 0 Å². The fourth-order valence-electron chi connectivity index (χ4n) is 2.13. The van der Waals surface area contributed by atoms with Crippen LogP contribution in [0.1, 0.15) is 25.3 Å². The fourth-order valence-corrected chi connectivity index (χ4v) is 2.13. The number of aromatic nitrogens is 1. The monoisotopic (exact) mass is 288 g/mol. The summed E-state index contributed by atoms with van der Waals surface area (Å²) in [4.78, 5) is 25.9. The summed E-state index contributed by atoms with van der Waals surface area (Å²) in [5.41, 5.74) is 2.26. The zero-order valence-electron chi connectivity index (χ0n) is 12.1. The number of carbonyl (C=O) groups excluding carboxylic acids is 2. The van der Waals surface area contributed by atoms with Crippen molar-refractivity contribution in [3.63, 3.8) is 0 Å². The number of fused-ring (bicyclic) bond motifs is 1. The van der Waals surface area contributed by atoms with Crippen molar-refractivity contribution in [2.45, 2.75) is 26.2 Å². The number of H-pyrrole nitrogens is 1. The lowest BCUT2D eigenvalue weighted by atomic mass is 10.1. The quantitative estimate of drug-likeness (QED) is 0.767. The van der Waals surface area contributed by atoms with Gasteiger partial charge >= 0.3 is 5.97 Å². The number of rotatable bonds is 7. The first-order valence-electron chi connectivity index (χ1n) is 7.17. The number of ether oxygens (including phenoxy) is 1. The summed E-state index contributed by atoms with van der Waals surface area (Å²) < 4.78 is 4.78. The molecule has 0 spiro atoms. The van der Waals surface area contributed by atoms with E-state index in [1.165, 1.54) is 5.39 Å². The van der Waals surface area contributed by atoms with Crippen LogP contribution in [0.5, 0.6) is 0 Å². The van der Waals surface area contributed by atoms with Gasteiger partial charge in [0, 0.05) is 24.7 Å². The van der Waals surface area contributed by atoms with E-state index in [4.69, 9.17) is 4.74 Å². The molecular weight excluding hydrogens is 268 g/mol. The maximum atomic E-state index is 11.6. The van der Waals surface area contributed by atoms with E-state index in [1.807, 2.05) is 12.3 Å². The lowest BCUT2D eigenvalue weighted by Gasteiger charge is -2.06. The van der Waals surface area contributed by atoms with Crippen LogP contribution in [-0.4, -0.2) is 30.0 Å². The maximum Gasteiger partial charge on any atom is 0.306 e. The molecule has 0 aliphatic rings. The molecule has 5 heteroatoms. The average molecular weight is 288 g/mol. The lowest BCUT2D eigenvalue weighted by Crippen LogP contribution is -2.26. The van der Waals surface area contributed by atoms with Crippen LogP contribution in [0, 0.1) is 0 Å². The van der Waals surface area contributed by atoms with Crippen LogP contribution in [0.4, 0.5) is 0 Å². The number of benzene rings is 1. The number of esters is 1. The van der Waals surface area contributed by atoms with Crippen molar-refractivity contribution in [2.75, 3.05) is 13.2 Å². The third kappa shape index (κ3) is 4.63. The summed E-state index contributed by atoms with van der Waals surface area (Å²) in [5, 5.41) is 3.99. The Kier molecular flexibility index (Phi) is 5.37. The highest BCUT2D eigenvalue weighted by Crippen LogP contribution is 2.14. The predicted octanol–water partition coefficient (Wildman–Crippen LogP) is 2.17. The van der Waals surface area contributed by atoms with Crippen molar-refractivity contribution >= 4 is 22.8 Å². The number of nitrogens with one attached hydrogen (secondary N) is 2. The van der Waals surface area contributed by atoms with Gasteiger partial charge in [-0.05, 0) is 36.4 Å². The van der Waals surface area contributed by atoms with E-state index in [2.05, 4.69) is 28.5 Å². The Morgan fingerprint density at radius 2 is 2.10 bits per heavy atom. The van der Waals surface area contributed by atoms with Gasteiger partial charge in [-0.15, -0.1) is 0 Å². The van der Waals surface area contributed by atoms with Gasteiger partial charge in [-0.1, -0.05) is 12.1 Å². The number of aromatic amines is 1. The summed E-state index contributed by atoms with van der Waals surface area (Å²) in [6.07, 6.45) is 2.98. The van der Waals surface area contributed by atoms with E-state index < -0.39 is 0 Å². The van der Waals surface area contributed by atoms with Crippen LogP contribution >= 0.6 is 0 Å². The first-order valence-corrected chi connectivity index (χ1v) is 7.17. The summed E-state index contributed by atoms with van der Waals surface area (Å²) in [6.45, 7) is 2.66. The second-order valence-corrected chi connectivity index (χ2v) is 4.80. The SMILES string of the molecule is CCOC(=O)CCC(=O)NCCc1ccc2cc[nH]c2c1. The van der Waals surface area contributed by atoms with Crippen molar-refractivity contribution in [1.82, 2.24) is 10.3 Å². The van der Waals surface area contributed by atoms with Gasteiger partial charge < -0.3 is 15.0 Å². The van der Waals surface area contributed by atoms with Gasteiger partial charge in [-0.25, -0.2) is 0 Å². The summed E-state index contributed by atoms with van der Waals surface area (Å²) >= 11 is 0. The standard InChI is InChI=1S/C16H20N2O3/c1-2-21-16(20)6-5-15(19)18-9-7-12-3-4-13-8-10-17-14(13)11-12/h3-4,8,10-11,17H,2,5-7,9H2,1H3,(H,18,19). The summed E-state index contributed by atoms with van der Waals surface area (Å²) in [6, 6.07) is 8.22. The zero-order valence-corrected chi connectivity index (χ0v) is 12.1.